The van der Waals surface area contributed by atoms with E-state index in [0.717, 1.165) is 5.56 Å². The zero-order valence-electron chi connectivity index (χ0n) is 12.9. The molecule has 0 bridgehead atoms. The van der Waals surface area contributed by atoms with Gasteiger partial charge in [0.25, 0.3) is 5.91 Å². The third-order valence-electron chi connectivity index (χ3n) is 3.25. The lowest BCUT2D eigenvalue weighted by Crippen LogP contribution is -2.30. The molecule has 3 N–H and O–H groups in total. The molecule has 0 saturated heterocycles. The Balaban J connectivity index is 2.09. The van der Waals surface area contributed by atoms with Crippen LogP contribution in [0.5, 0.6) is 11.5 Å². The Labute approximate surface area is 130 Å². The highest BCUT2D eigenvalue weighted by molar-refractivity contribution is 5.95. The predicted molar refractivity (Wildman–Crippen MR) is 87.3 cm³/mol. The van der Waals surface area contributed by atoms with Crippen LogP contribution >= 0.6 is 0 Å². The topological polar surface area (TPSA) is 73.6 Å². The Kier molecular flexibility index (Phi) is 4.88. The van der Waals surface area contributed by atoms with Crippen LogP contribution in [-0.4, -0.2) is 19.1 Å². The quantitative estimate of drug-likeness (QED) is 0.833. The minimum absolute atomic E-state index is 0.271. The molecule has 0 aromatic heterocycles. The van der Waals surface area contributed by atoms with Crippen molar-refractivity contribution < 1.29 is 14.3 Å². The average molecular weight is 300 g/mol. The molecule has 116 valence electrons. The van der Waals surface area contributed by atoms with Crippen molar-refractivity contribution in [2.24, 2.45) is 0 Å². The molecule has 0 spiro atoms. The summed E-state index contributed by atoms with van der Waals surface area (Å²) in [5.74, 6) is 0.961. The molecule has 1 atom stereocenters. The summed E-state index contributed by atoms with van der Waals surface area (Å²) < 4.78 is 10.9. The number of aryl methyl sites for hydroxylation is 1. The molecule has 2 aromatic rings. The number of hydrogen-bond acceptors (Lipinski definition) is 4. The molecule has 0 aliphatic rings. The van der Waals surface area contributed by atoms with Crippen LogP contribution in [0.15, 0.2) is 42.5 Å². The number of rotatable bonds is 5. The number of benzene rings is 2. The first kappa shape index (κ1) is 15.7. The Bertz CT molecular complexity index is 671. The van der Waals surface area contributed by atoms with E-state index in [0.29, 0.717) is 22.9 Å². The van der Waals surface area contributed by atoms with Crippen LogP contribution in [0.2, 0.25) is 0 Å². The molecule has 0 saturated carbocycles. The molecule has 0 aliphatic carbocycles. The Morgan fingerprint density at radius 3 is 2.59 bits per heavy atom. The van der Waals surface area contributed by atoms with Gasteiger partial charge in [-0.25, -0.2) is 0 Å². The lowest BCUT2D eigenvalue weighted by Gasteiger charge is -2.17. The number of nitrogen functional groups attached to an aromatic ring is 1. The number of methoxy groups -OCH3 is 1. The zero-order chi connectivity index (χ0) is 16.1. The molecular weight excluding hydrogens is 280 g/mol. The van der Waals surface area contributed by atoms with E-state index in [1.165, 1.54) is 7.11 Å². The molecular formula is C17H20N2O3. The van der Waals surface area contributed by atoms with Gasteiger partial charge in [-0.15, -0.1) is 0 Å². The van der Waals surface area contributed by atoms with Crippen molar-refractivity contribution in [2.75, 3.05) is 18.2 Å². The van der Waals surface area contributed by atoms with Crippen molar-refractivity contribution in [2.45, 2.75) is 20.0 Å². The van der Waals surface area contributed by atoms with Crippen molar-refractivity contribution in [3.05, 3.63) is 48.0 Å². The van der Waals surface area contributed by atoms with Crippen LogP contribution in [0.3, 0.4) is 0 Å². The van der Waals surface area contributed by atoms with Crippen LogP contribution in [0.25, 0.3) is 0 Å². The second-order valence-electron chi connectivity index (χ2n) is 4.97. The van der Waals surface area contributed by atoms with E-state index in [1.54, 1.807) is 25.1 Å². The van der Waals surface area contributed by atoms with E-state index < -0.39 is 6.10 Å². The summed E-state index contributed by atoms with van der Waals surface area (Å²) in [4.78, 5) is 12.3. The van der Waals surface area contributed by atoms with Crippen LogP contribution < -0.4 is 20.5 Å². The van der Waals surface area contributed by atoms with Gasteiger partial charge in [0.15, 0.2) is 6.10 Å². The van der Waals surface area contributed by atoms with E-state index in [-0.39, 0.29) is 5.91 Å². The number of carbonyl (C=O) groups is 1. The first-order valence-electron chi connectivity index (χ1n) is 6.98. The monoisotopic (exact) mass is 300 g/mol. The molecule has 5 heteroatoms. The summed E-state index contributed by atoms with van der Waals surface area (Å²) in [6.07, 6.45) is -0.646. The summed E-state index contributed by atoms with van der Waals surface area (Å²) in [6, 6.07) is 12.6. The maximum atomic E-state index is 12.3. The van der Waals surface area contributed by atoms with Gasteiger partial charge >= 0.3 is 0 Å². The summed E-state index contributed by atoms with van der Waals surface area (Å²) in [5.41, 5.74) is 7.78. The lowest BCUT2D eigenvalue weighted by molar-refractivity contribution is -0.122. The van der Waals surface area contributed by atoms with Gasteiger partial charge in [0.1, 0.15) is 11.5 Å². The van der Waals surface area contributed by atoms with Crippen molar-refractivity contribution in [1.82, 2.24) is 0 Å². The van der Waals surface area contributed by atoms with Crippen molar-refractivity contribution >= 4 is 17.3 Å². The minimum Gasteiger partial charge on any atom is -0.495 e. The summed E-state index contributed by atoms with van der Waals surface area (Å²) >= 11 is 0. The SMILES string of the molecule is COc1ccc(N)cc1NC(=O)[C@H](C)Oc1ccccc1C. The van der Waals surface area contributed by atoms with Crippen LogP contribution in [0, 0.1) is 6.92 Å². The van der Waals surface area contributed by atoms with Gasteiger partial charge in [-0.1, -0.05) is 18.2 Å². The molecule has 2 aromatic carbocycles. The van der Waals surface area contributed by atoms with Gasteiger partial charge in [-0.05, 0) is 43.7 Å². The number of carbonyl (C=O) groups excluding carboxylic acids is 1. The number of nitrogens with one attached hydrogen (secondary N) is 1. The standard InChI is InChI=1S/C17H20N2O3/c1-11-6-4-5-7-15(11)22-12(2)17(20)19-14-10-13(18)8-9-16(14)21-3/h4-10,12H,18H2,1-3H3,(H,19,20)/t12-/m0/s1. The van der Waals surface area contributed by atoms with E-state index in [2.05, 4.69) is 5.32 Å². The molecule has 22 heavy (non-hydrogen) atoms. The molecule has 0 unspecified atom stereocenters. The molecule has 0 aliphatic heterocycles. The van der Waals surface area contributed by atoms with Gasteiger partial charge in [-0.2, -0.15) is 0 Å². The Hall–Kier alpha value is -2.69. The fourth-order valence-corrected chi connectivity index (χ4v) is 1.99. The highest BCUT2D eigenvalue weighted by Crippen LogP contribution is 2.27. The zero-order valence-corrected chi connectivity index (χ0v) is 12.9. The first-order chi connectivity index (χ1) is 10.5. The normalized spacial score (nSPS) is 11.6. The van der Waals surface area contributed by atoms with E-state index >= 15 is 0 Å². The van der Waals surface area contributed by atoms with Crippen LogP contribution in [-0.2, 0) is 4.79 Å². The molecule has 0 fully saturated rings. The third-order valence-corrected chi connectivity index (χ3v) is 3.25. The second-order valence-corrected chi connectivity index (χ2v) is 4.97. The van der Waals surface area contributed by atoms with Crippen molar-refractivity contribution in [3.8, 4) is 11.5 Å². The smallest absolute Gasteiger partial charge is 0.265 e. The molecule has 5 nitrogen and oxygen atoms in total. The molecule has 2 rings (SSSR count). The summed E-state index contributed by atoms with van der Waals surface area (Å²) in [7, 11) is 1.54. The lowest BCUT2D eigenvalue weighted by atomic mass is 10.2. The Morgan fingerprint density at radius 2 is 1.91 bits per heavy atom. The van der Waals surface area contributed by atoms with Gasteiger partial charge < -0.3 is 20.5 Å². The van der Waals surface area contributed by atoms with E-state index in [1.807, 2.05) is 31.2 Å². The highest BCUT2D eigenvalue weighted by Gasteiger charge is 2.17. The average Bonchev–Trinajstić information content (AvgIpc) is 2.49. The van der Waals surface area contributed by atoms with Crippen LogP contribution in [0.4, 0.5) is 11.4 Å². The van der Waals surface area contributed by atoms with Gasteiger partial charge in [-0.3, -0.25) is 4.79 Å². The van der Waals surface area contributed by atoms with Gasteiger partial charge in [0.2, 0.25) is 0 Å². The fourth-order valence-electron chi connectivity index (χ4n) is 1.99. The van der Waals surface area contributed by atoms with Crippen molar-refractivity contribution in [3.63, 3.8) is 0 Å². The summed E-state index contributed by atoms with van der Waals surface area (Å²) in [6.45, 7) is 3.63. The fraction of sp³-hybridized carbons (Fsp3) is 0.235. The number of ether oxygens (including phenoxy) is 2. The summed E-state index contributed by atoms with van der Waals surface area (Å²) in [5, 5.41) is 2.77. The number of amides is 1. The molecule has 0 heterocycles. The van der Waals surface area contributed by atoms with E-state index in [4.69, 9.17) is 15.2 Å². The highest BCUT2D eigenvalue weighted by atomic mass is 16.5. The van der Waals surface area contributed by atoms with Crippen molar-refractivity contribution in [1.29, 1.82) is 0 Å². The van der Waals surface area contributed by atoms with E-state index in [9.17, 15) is 4.79 Å². The third kappa shape index (κ3) is 3.69. The maximum absolute atomic E-state index is 12.3. The number of anilines is 2. The first-order valence-corrected chi connectivity index (χ1v) is 6.98. The van der Waals surface area contributed by atoms with Gasteiger partial charge in [0.05, 0.1) is 12.8 Å². The molecule has 1 amide bonds. The second kappa shape index (κ2) is 6.85. The van der Waals surface area contributed by atoms with Gasteiger partial charge in [0, 0.05) is 5.69 Å². The predicted octanol–water partition coefficient (Wildman–Crippen LogP) is 2.99. The molecule has 0 radical (unpaired) electrons. The number of hydrogen-bond donors (Lipinski definition) is 2. The minimum atomic E-state index is -0.646. The largest absolute Gasteiger partial charge is 0.495 e. The van der Waals surface area contributed by atoms with Crippen LogP contribution in [0.1, 0.15) is 12.5 Å². The Morgan fingerprint density at radius 1 is 1.18 bits per heavy atom. The number of para-hydroxylation sites is 1. The number of nitrogens with two attached hydrogens (primary N) is 1. The maximum Gasteiger partial charge on any atom is 0.265 e.